The van der Waals surface area contributed by atoms with Crippen molar-refractivity contribution in [2.45, 2.75) is 26.4 Å². The van der Waals surface area contributed by atoms with Gasteiger partial charge in [0.15, 0.2) is 5.78 Å². The summed E-state index contributed by atoms with van der Waals surface area (Å²) < 4.78 is 0. The van der Waals surface area contributed by atoms with Crippen molar-refractivity contribution in [1.82, 2.24) is 0 Å². The quantitative estimate of drug-likeness (QED) is 0.582. The number of nitrogens with two attached hydrogens (primary N) is 1. The Hall–Kier alpha value is -2.33. The number of Topliss-reactive ketones (excluding diaryl/α,β-unsaturated/α-hetero) is 1. The van der Waals surface area contributed by atoms with Crippen LogP contribution in [0.15, 0.2) is 42.5 Å². The standard InChI is InChI=1S/C17H20N2O2/c1-11(20)9-13-3-6-15(7-4-13)19-17-8-5-14(12(2)21)10-16(17)18/h3-8,10-11,19-20H,9,18H2,1-2H3/t11-/m0/s1. The van der Waals surface area contributed by atoms with Gasteiger partial charge < -0.3 is 16.2 Å². The van der Waals surface area contributed by atoms with Gasteiger partial charge in [0.2, 0.25) is 0 Å². The normalized spacial score (nSPS) is 12.0. The van der Waals surface area contributed by atoms with Crippen LogP contribution in [0.3, 0.4) is 0 Å². The highest BCUT2D eigenvalue weighted by Crippen LogP contribution is 2.24. The van der Waals surface area contributed by atoms with Gasteiger partial charge in [0.1, 0.15) is 0 Å². The van der Waals surface area contributed by atoms with Gasteiger partial charge in [0.05, 0.1) is 17.5 Å². The molecule has 0 radical (unpaired) electrons. The molecule has 0 spiro atoms. The van der Waals surface area contributed by atoms with Crippen molar-refractivity contribution in [2.75, 3.05) is 11.1 Å². The Morgan fingerprint density at radius 2 is 1.90 bits per heavy atom. The molecule has 0 aliphatic rings. The number of hydrogen-bond donors (Lipinski definition) is 3. The third-order valence-electron chi connectivity index (χ3n) is 3.22. The number of carbonyl (C=O) groups excluding carboxylic acids is 1. The zero-order valence-electron chi connectivity index (χ0n) is 12.3. The molecule has 0 heterocycles. The second-order valence-corrected chi connectivity index (χ2v) is 5.23. The van der Waals surface area contributed by atoms with Crippen LogP contribution in [0.5, 0.6) is 0 Å². The molecule has 2 aromatic carbocycles. The van der Waals surface area contributed by atoms with Gasteiger partial charge in [-0.25, -0.2) is 0 Å². The number of carbonyl (C=O) groups is 1. The van der Waals surface area contributed by atoms with Gasteiger partial charge in [0.25, 0.3) is 0 Å². The highest BCUT2D eigenvalue weighted by Gasteiger charge is 2.05. The number of nitrogens with one attached hydrogen (secondary N) is 1. The van der Waals surface area contributed by atoms with Crippen molar-refractivity contribution < 1.29 is 9.90 Å². The van der Waals surface area contributed by atoms with Gasteiger partial charge >= 0.3 is 0 Å². The molecule has 2 aromatic rings. The summed E-state index contributed by atoms with van der Waals surface area (Å²) in [6.07, 6.45) is 0.286. The molecular weight excluding hydrogens is 264 g/mol. The topological polar surface area (TPSA) is 75.3 Å². The molecule has 1 atom stereocenters. The molecule has 4 nitrogen and oxygen atoms in total. The number of anilines is 3. The summed E-state index contributed by atoms with van der Waals surface area (Å²) in [6, 6.07) is 13.0. The molecular formula is C17H20N2O2. The molecule has 21 heavy (non-hydrogen) atoms. The Balaban J connectivity index is 2.13. The van der Waals surface area contributed by atoms with E-state index in [1.165, 1.54) is 6.92 Å². The van der Waals surface area contributed by atoms with Crippen LogP contribution in [0, 0.1) is 0 Å². The summed E-state index contributed by atoms with van der Waals surface area (Å²) in [5.41, 5.74) is 9.85. The van der Waals surface area contributed by atoms with Crippen LogP contribution in [0.25, 0.3) is 0 Å². The molecule has 0 fully saturated rings. The van der Waals surface area contributed by atoms with E-state index < -0.39 is 0 Å². The average Bonchev–Trinajstić information content (AvgIpc) is 2.42. The number of aliphatic hydroxyl groups excluding tert-OH is 1. The lowest BCUT2D eigenvalue weighted by Crippen LogP contribution is -2.04. The monoisotopic (exact) mass is 284 g/mol. The minimum absolute atomic E-state index is 0.00396. The number of ketones is 1. The first-order valence-corrected chi connectivity index (χ1v) is 6.90. The van der Waals surface area contributed by atoms with Gasteiger partial charge in [-0.3, -0.25) is 4.79 Å². The van der Waals surface area contributed by atoms with E-state index in [1.54, 1.807) is 25.1 Å². The van der Waals surface area contributed by atoms with Gasteiger partial charge in [0, 0.05) is 11.3 Å². The van der Waals surface area contributed by atoms with Crippen molar-refractivity contribution in [3.05, 3.63) is 53.6 Å². The summed E-state index contributed by atoms with van der Waals surface area (Å²) in [5.74, 6) is -0.00396. The van der Waals surface area contributed by atoms with E-state index in [4.69, 9.17) is 5.73 Å². The number of hydrogen-bond acceptors (Lipinski definition) is 4. The summed E-state index contributed by atoms with van der Waals surface area (Å²) in [4.78, 5) is 11.3. The minimum Gasteiger partial charge on any atom is -0.397 e. The summed E-state index contributed by atoms with van der Waals surface area (Å²) in [6.45, 7) is 3.28. The number of benzene rings is 2. The summed E-state index contributed by atoms with van der Waals surface area (Å²) >= 11 is 0. The molecule has 4 heteroatoms. The Morgan fingerprint density at radius 1 is 1.24 bits per heavy atom. The van der Waals surface area contributed by atoms with E-state index in [9.17, 15) is 9.90 Å². The van der Waals surface area contributed by atoms with E-state index in [0.29, 0.717) is 17.7 Å². The van der Waals surface area contributed by atoms with Gasteiger partial charge in [-0.2, -0.15) is 0 Å². The van der Waals surface area contributed by atoms with Crippen molar-refractivity contribution >= 4 is 22.8 Å². The van der Waals surface area contributed by atoms with Crippen molar-refractivity contribution in [3.63, 3.8) is 0 Å². The van der Waals surface area contributed by atoms with Crippen LogP contribution in [-0.4, -0.2) is 17.0 Å². The summed E-state index contributed by atoms with van der Waals surface area (Å²) in [5, 5.41) is 12.6. The van der Waals surface area contributed by atoms with E-state index in [1.807, 2.05) is 24.3 Å². The van der Waals surface area contributed by atoms with Crippen LogP contribution in [0.4, 0.5) is 17.1 Å². The lowest BCUT2D eigenvalue weighted by Gasteiger charge is -2.11. The second-order valence-electron chi connectivity index (χ2n) is 5.23. The van der Waals surface area contributed by atoms with Crippen molar-refractivity contribution in [2.24, 2.45) is 0 Å². The fourth-order valence-corrected chi connectivity index (χ4v) is 2.12. The Kier molecular flexibility index (Phi) is 4.60. The first-order chi connectivity index (χ1) is 9.95. The number of nitrogen functional groups attached to an aromatic ring is 1. The van der Waals surface area contributed by atoms with Gasteiger partial charge in [-0.15, -0.1) is 0 Å². The Morgan fingerprint density at radius 3 is 2.43 bits per heavy atom. The third-order valence-corrected chi connectivity index (χ3v) is 3.22. The maximum Gasteiger partial charge on any atom is 0.159 e. The second kappa shape index (κ2) is 6.41. The van der Waals surface area contributed by atoms with Crippen LogP contribution in [-0.2, 0) is 6.42 Å². The SMILES string of the molecule is CC(=O)c1ccc(Nc2ccc(C[C@H](C)O)cc2)c(N)c1. The van der Waals surface area contributed by atoms with E-state index in [0.717, 1.165) is 16.9 Å². The lowest BCUT2D eigenvalue weighted by molar-refractivity contribution is 0.101. The first kappa shape index (κ1) is 15.1. The average molecular weight is 284 g/mol. The van der Waals surface area contributed by atoms with Gasteiger partial charge in [-0.1, -0.05) is 12.1 Å². The fourth-order valence-electron chi connectivity index (χ4n) is 2.12. The molecule has 0 aliphatic heterocycles. The predicted octanol–water partition coefficient (Wildman–Crippen LogP) is 3.14. The Labute approximate surface area is 124 Å². The maximum absolute atomic E-state index is 11.3. The third kappa shape index (κ3) is 4.07. The first-order valence-electron chi connectivity index (χ1n) is 6.90. The number of rotatable bonds is 5. The molecule has 0 aliphatic carbocycles. The molecule has 0 saturated heterocycles. The van der Waals surface area contributed by atoms with Crippen molar-refractivity contribution in [1.29, 1.82) is 0 Å². The minimum atomic E-state index is -0.349. The van der Waals surface area contributed by atoms with Crippen LogP contribution in [0.2, 0.25) is 0 Å². The van der Waals surface area contributed by atoms with Crippen molar-refractivity contribution in [3.8, 4) is 0 Å². The molecule has 0 unspecified atom stereocenters. The highest BCUT2D eigenvalue weighted by atomic mass is 16.3. The lowest BCUT2D eigenvalue weighted by atomic mass is 10.1. The van der Waals surface area contributed by atoms with E-state index >= 15 is 0 Å². The van der Waals surface area contributed by atoms with Crippen LogP contribution >= 0.6 is 0 Å². The molecule has 0 saturated carbocycles. The maximum atomic E-state index is 11.3. The molecule has 4 N–H and O–H groups in total. The molecule has 0 bridgehead atoms. The zero-order chi connectivity index (χ0) is 15.4. The predicted molar refractivity (Wildman–Crippen MR) is 86.0 cm³/mol. The van der Waals surface area contributed by atoms with Gasteiger partial charge in [-0.05, 0) is 56.2 Å². The number of aliphatic hydroxyl groups is 1. The molecule has 2 rings (SSSR count). The van der Waals surface area contributed by atoms with E-state index in [-0.39, 0.29) is 11.9 Å². The van der Waals surface area contributed by atoms with E-state index in [2.05, 4.69) is 5.32 Å². The summed E-state index contributed by atoms with van der Waals surface area (Å²) in [7, 11) is 0. The fraction of sp³-hybridized carbons (Fsp3) is 0.235. The van der Waals surface area contributed by atoms with Crippen LogP contribution < -0.4 is 11.1 Å². The zero-order valence-corrected chi connectivity index (χ0v) is 12.3. The largest absolute Gasteiger partial charge is 0.397 e. The molecule has 0 amide bonds. The van der Waals surface area contributed by atoms with Crippen LogP contribution in [0.1, 0.15) is 29.8 Å². The Bertz CT molecular complexity index is 634. The smallest absolute Gasteiger partial charge is 0.159 e. The molecule has 110 valence electrons. The molecule has 0 aromatic heterocycles. The highest BCUT2D eigenvalue weighted by molar-refractivity contribution is 5.96.